The van der Waals surface area contributed by atoms with E-state index in [0.29, 0.717) is 13.0 Å². The van der Waals surface area contributed by atoms with Gasteiger partial charge in [-0.15, -0.1) is 0 Å². The molecular formula is C17H30O5S. The Kier molecular flexibility index (Phi) is 4.07. The molecular weight excluding hydrogens is 316 g/mol. The average Bonchev–Trinajstić information content (AvgIpc) is 2.68. The maximum absolute atomic E-state index is 11.8. The molecule has 0 bridgehead atoms. The number of ether oxygens (including phenoxy) is 2. The molecule has 134 valence electrons. The van der Waals surface area contributed by atoms with Crippen LogP contribution in [-0.4, -0.2) is 46.5 Å². The fraction of sp³-hybridized carbons (Fsp3) is 0.941. The van der Waals surface area contributed by atoms with Crippen LogP contribution in [0, 0.1) is 5.92 Å². The molecule has 0 aliphatic carbocycles. The lowest BCUT2D eigenvalue weighted by molar-refractivity contribution is -0.173. The molecule has 3 heterocycles. The van der Waals surface area contributed by atoms with Gasteiger partial charge >= 0.3 is 5.97 Å². The van der Waals surface area contributed by atoms with Crippen molar-refractivity contribution in [1.29, 1.82) is 0 Å². The van der Waals surface area contributed by atoms with Crippen molar-refractivity contribution in [2.45, 2.75) is 88.8 Å². The number of carbonyl (C=O) groups excluding carboxylic acids is 1. The number of hydrogen-bond donors (Lipinski definition) is 0. The number of esters is 1. The van der Waals surface area contributed by atoms with Crippen LogP contribution in [0.3, 0.4) is 0 Å². The van der Waals surface area contributed by atoms with Gasteiger partial charge < -0.3 is 9.47 Å². The minimum atomic E-state index is -1.78. The summed E-state index contributed by atoms with van der Waals surface area (Å²) in [6, 6.07) is 0. The molecule has 6 heteroatoms. The third kappa shape index (κ3) is 2.62. The van der Waals surface area contributed by atoms with Crippen molar-refractivity contribution in [1.82, 2.24) is 0 Å². The minimum absolute atomic E-state index is 0.0726. The topological polar surface area (TPSA) is 54.0 Å². The van der Waals surface area contributed by atoms with Crippen molar-refractivity contribution < 1.29 is 22.6 Å². The van der Waals surface area contributed by atoms with Gasteiger partial charge in [-0.1, -0.05) is 0 Å². The van der Waals surface area contributed by atoms with Gasteiger partial charge in [-0.25, -0.2) is 0 Å². The summed E-state index contributed by atoms with van der Waals surface area (Å²) in [4.78, 5) is 11.8. The standard InChI is InChI=1S/C17H30O5S/c1-10-14-12(21-15(10)18)8-11-13(20-14)9-19-23(22-11,16(2,3)4)17(5,6)7/h10-14H,8-9H2,1-7H3/t10-,11+,12?,13+,14?/m0/s1. The summed E-state index contributed by atoms with van der Waals surface area (Å²) in [5.41, 5.74) is 0. The monoisotopic (exact) mass is 346 g/mol. The predicted octanol–water partition coefficient (Wildman–Crippen LogP) is 3.35. The van der Waals surface area contributed by atoms with Crippen LogP contribution in [0.5, 0.6) is 0 Å². The summed E-state index contributed by atoms with van der Waals surface area (Å²) < 4.78 is 24.4. The van der Waals surface area contributed by atoms with Crippen LogP contribution < -0.4 is 0 Å². The lowest BCUT2D eigenvalue weighted by Gasteiger charge is -2.65. The van der Waals surface area contributed by atoms with Crippen LogP contribution in [-0.2, 0) is 22.6 Å². The number of rotatable bonds is 0. The normalized spacial score (nSPS) is 41.7. The zero-order valence-electron chi connectivity index (χ0n) is 15.3. The van der Waals surface area contributed by atoms with E-state index in [1.807, 2.05) is 6.92 Å². The van der Waals surface area contributed by atoms with Gasteiger partial charge in [0.2, 0.25) is 0 Å². The highest BCUT2D eigenvalue weighted by molar-refractivity contribution is 8.28. The third-order valence-electron chi connectivity index (χ3n) is 4.98. The molecule has 0 aromatic rings. The molecule has 3 rings (SSSR count). The van der Waals surface area contributed by atoms with Crippen LogP contribution in [0.2, 0.25) is 0 Å². The molecule has 3 saturated heterocycles. The number of hydrogen-bond acceptors (Lipinski definition) is 5. The van der Waals surface area contributed by atoms with Gasteiger partial charge in [0.15, 0.2) is 0 Å². The Morgan fingerprint density at radius 3 is 2.17 bits per heavy atom. The van der Waals surface area contributed by atoms with Crippen molar-refractivity contribution >= 4 is 16.6 Å². The van der Waals surface area contributed by atoms with Crippen LogP contribution in [0.4, 0.5) is 0 Å². The van der Waals surface area contributed by atoms with Crippen molar-refractivity contribution in [2.24, 2.45) is 5.92 Å². The first-order valence-electron chi connectivity index (χ1n) is 8.47. The van der Waals surface area contributed by atoms with E-state index in [1.165, 1.54) is 0 Å². The second kappa shape index (κ2) is 5.35. The zero-order chi connectivity index (χ0) is 17.2. The number of carbonyl (C=O) groups is 1. The molecule has 2 unspecified atom stereocenters. The first-order valence-corrected chi connectivity index (χ1v) is 9.96. The van der Waals surface area contributed by atoms with E-state index in [4.69, 9.17) is 17.8 Å². The summed E-state index contributed by atoms with van der Waals surface area (Å²) in [5, 5.41) is 0. The quantitative estimate of drug-likeness (QED) is 0.630. The molecule has 0 radical (unpaired) electrons. The van der Waals surface area contributed by atoms with Gasteiger partial charge in [0, 0.05) is 6.42 Å². The molecule has 3 fully saturated rings. The Hall–Kier alpha value is -0.300. The first-order chi connectivity index (χ1) is 10.5. The zero-order valence-corrected chi connectivity index (χ0v) is 16.1. The third-order valence-corrected chi connectivity index (χ3v) is 9.19. The van der Waals surface area contributed by atoms with E-state index in [1.54, 1.807) is 0 Å². The van der Waals surface area contributed by atoms with E-state index in [0.717, 1.165) is 0 Å². The Balaban J connectivity index is 1.85. The molecule has 5 nitrogen and oxygen atoms in total. The Morgan fingerprint density at radius 2 is 1.61 bits per heavy atom. The minimum Gasteiger partial charge on any atom is -0.459 e. The van der Waals surface area contributed by atoms with E-state index in [9.17, 15) is 4.79 Å². The van der Waals surface area contributed by atoms with E-state index in [-0.39, 0.29) is 45.8 Å². The van der Waals surface area contributed by atoms with Crippen molar-refractivity contribution in [3.63, 3.8) is 0 Å². The Labute approximate surface area is 141 Å². The average molecular weight is 346 g/mol. The summed E-state index contributed by atoms with van der Waals surface area (Å²) in [6.45, 7) is 15.5. The highest BCUT2D eigenvalue weighted by Gasteiger charge is 2.56. The largest absolute Gasteiger partial charge is 0.459 e. The second-order valence-corrected chi connectivity index (χ2v) is 12.7. The first kappa shape index (κ1) is 17.5. The van der Waals surface area contributed by atoms with Crippen LogP contribution in [0.1, 0.15) is 54.9 Å². The molecule has 0 N–H and O–H groups in total. The van der Waals surface area contributed by atoms with Crippen molar-refractivity contribution in [3.05, 3.63) is 0 Å². The molecule has 3 aliphatic rings. The molecule has 0 aromatic carbocycles. The fourth-order valence-corrected chi connectivity index (χ4v) is 8.06. The van der Waals surface area contributed by atoms with Crippen LogP contribution in [0.25, 0.3) is 0 Å². The molecule has 5 atom stereocenters. The van der Waals surface area contributed by atoms with Gasteiger partial charge in [-0.3, -0.25) is 13.2 Å². The van der Waals surface area contributed by atoms with E-state index in [2.05, 4.69) is 41.5 Å². The van der Waals surface area contributed by atoms with Crippen molar-refractivity contribution in [2.75, 3.05) is 6.61 Å². The summed E-state index contributed by atoms with van der Waals surface area (Å²) >= 11 is 0. The van der Waals surface area contributed by atoms with Crippen LogP contribution >= 0.6 is 10.6 Å². The molecule has 3 aliphatic heterocycles. The number of fused-ring (bicyclic) bond motifs is 2. The van der Waals surface area contributed by atoms with E-state index < -0.39 is 10.6 Å². The lowest BCUT2D eigenvalue weighted by Crippen LogP contribution is -2.56. The molecule has 23 heavy (non-hydrogen) atoms. The maximum Gasteiger partial charge on any atom is 0.311 e. The highest BCUT2D eigenvalue weighted by Crippen LogP contribution is 2.71. The molecule has 0 spiro atoms. The molecule has 0 aromatic heterocycles. The smallest absolute Gasteiger partial charge is 0.311 e. The summed E-state index contributed by atoms with van der Waals surface area (Å²) in [7, 11) is -1.78. The van der Waals surface area contributed by atoms with Crippen LogP contribution in [0.15, 0.2) is 0 Å². The predicted molar refractivity (Wildman–Crippen MR) is 90.2 cm³/mol. The summed E-state index contributed by atoms with van der Waals surface area (Å²) in [5.74, 6) is -0.366. The van der Waals surface area contributed by atoms with Gasteiger partial charge in [0.1, 0.15) is 31.0 Å². The SMILES string of the molecule is C[C@@H]1C(=O)OC2C[C@H]3OS(C(C)(C)C)(C(C)(C)C)OC[C@H]3OC21. The van der Waals surface area contributed by atoms with Crippen molar-refractivity contribution in [3.8, 4) is 0 Å². The fourth-order valence-electron chi connectivity index (χ4n) is 4.01. The Morgan fingerprint density at radius 1 is 1.00 bits per heavy atom. The highest BCUT2D eigenvalue weighted by atomic mass is 32.3. The van der Waals surface area contributed by atoms with Gasteiger partial charge in [0.05, 0.1) is 15.4 Å². The van der Waals surface area contributed by atoms with Gasteiger partial charge in [0.25, 0.3) is 0 Å². The maximum atomic E-state index is 11.8. The molecule has 0 amide bonds. The van der Waals surface area contributed by atoms with Gasteiger partial charge in [-0.2, -0.15) is 10.6 Å². The lowest BCUT2D eigenvalue weighted by atomic mass is 9.94. The Bertz CT molecular complexity index is 478. The van der Waals surface area contributed by atoms with Gasteiger partial charge in [-0.05, 0) is 48.5 Å². The second-order valence-electron chi connectivity index (χ2n) is 8.79. The summed E-state index contributed by atoms with van der Waals surface area (Å²) in [6.07, 6.45) is 0.169. The van der Waals surface area contributed by atoms with E-state index >= 15 is 0 Å². The molecule has 0 saturated carbocycles.